The average Bonchev–Trinajstić information content (AvgIpc) is 2.39. The smallest absolute Gasteiger partial charge is 0.0737 e. The van der Waals surface area contributed by atoms with E-state index in [4.69, 9.17) is 4.74 Å². The summed E-state index contributed by atoms with van der Waals surface area (Å²) in [6, 6.07) is 9.12. The van der Waals surface area contributed by atoms with Crippen LogP contribution in [-0.2, 0) is 11.2 Å². The largest absolute Gasteiger partial charge is 0.380 e. The van der Waals surface area contributed by atoms with Gasteiger partial charge in [0.1, 0.15) is 0 Å². The Balaban J connectivity index is 2.79. The molecule has 0 radical (unpaired) electrons. The van der Waals surface area contributed by atoms with Crippen molar-refractivity contribution in [1.82, 2.24) is 5.32 Å². The fourth-order valence-electron chi connectivity index (χ4n) is 1.95. The van der Waals surface area contributed by atoms with Gasteiger partial charge in [-0.25, -0.2) is 0 Å². The van der Waals surface area contributed by atoms with E-state index in [2.05, 4.69) is 50.4 Å². The molecule has 2 nitrogen and oxygen atoms in total. The van der Waals surface area contributed by atoms with E-state index in [1.54, 1.807) is 7.11 Å². The van der Waals surface area contributed by atoms with Gasteiger partial charge >= 0.3 is 0 Å². The number of ether oxygens (including phenoxy) is 1. The molecular formula is C15H25NO. The van der Waals surface area contributed by atoms with E-state index < -0.39 is 0 Å². The molecule has 2 heteroatoms. The molecule has 96 valence electrons. The van der Waals surface area contributed by atoms with Crippen LogP contribution < -0.4 is 5.32 Å². The maximum atomic E-state index is 5.46. The Labute approximate surface area is 105 Å². The average molecular weight is 235 g/mol. The third-order valence-corrected chi connectivity index (χ3v) is 3.20. The van der Waals surface area contributed by atoms with Crippen molar-refractivity contribution in [3.05, 3.63) is 35.4 Å². The third kappa shape index (κ3) is 4.14. The number of hydrogen-bond acceptors (Lipinski definition) is 2. The highest BCUT2D eigenvalue weighted by Crippen LogP contribution is 2.19. The second-order valence-corrected chi connectivity index (χ2v) is 4.47. The van der Waals surface area contributed by atoms with E-state index >= 15 is 0 Å². The van der Waals surface area contributed by atoms with E-state index in [1.807, 2.05) is 0 Å². The predicted molar refractivity (Wildman–Crippen MR) is 73.3 cm³/mol. The minimum atomic E-state index is 0.189. The van der Waals surface area contributed by atoms with Crippen LogP contribution in [0.3, 0.4) is 0 Å². The van der Waals surface area contributed by atoms with Gasteiger partial charge in [0.05, 0.1) is 12.1 Å². The molecule has 0 fully saturated rings. The highest BCUT2D eigenvalue weighted by atomic mass is 16.5. The molecule has 1 aromatic carbocycles. The zero-order valence-corrected chi connectivity index (χ0v) is 11.5. The maximum Gasteiger partial charge on any atom is 0.0737 e. The summed E-state index contributed by atoms with van der Waals surface area (Å²) in [5.74, 6) is 0. The summed E-state index contributed by atoms with van der Waals surface area (Å²) in [7, 11) is 1.77. The fraction of sp³-hybridized carbons (Fsp3) is 0.600. The highest BCUT2D eigenvalue weighted by Gasteiger charge is 2.17. The van der Waals surface area contributed by atoms with Crippen molar-refractivity contribution in [2.75, 3.05) is 13.7 Å². The van der Waals surface area contributed by atoms with Gasteiger partial charge in [0.25, 0.3) is 0 Å². The second-order valence-electron chi connectivity index (χ2n) is 4.47. The Morgan fingerprint density at radius 1 is 1.18 bits per heavy atom. The number of benzene rings is 1. The monoisotopic (exact) mass is 235 g/mol. The molecule has 0 heterocycles. The SMILES string of the molecule is CCCNC(c1ccc(CC)cc1)C(C)OC. The molecule has 0 amide bonds. The van der Waals surface area contributed by atoms with Crippen molar-refractivity contribution in [1.29, 1.82) is 0 Å². The lowest BCUT2D eigenvalue weighted by molar-refractivity contribution is 0.0830. The van der Waals surface area contributed by atoms with Crippen LogP contribution in [0.2, 0.25) is 0 Å². The van der Waals surface area contributed by atoms with Crippen LogP contribution in [0.15, 0.2) is 24.3 Å². The molecule has 1 rings (SSSR count). The molecule has 0 saturated carbocycles. The highest BCUT2D eigenvalue weighted by molar-refractivity contribution is 5.25. The summed E-state index contributed by atoms with van der Waals surface area (Å²) < 4.78 is 5.46. The summed E-state index contributed by atoms with van der Waals surface area (Å²) in [6.07, 6.45) is 2.42. The third-order valence-electron chi connectivity index (χ3n) is 3.20. The Morgan fingerprint density at radius 3 is 2.29 bits per heavy atom. The first-order valence-corrected chi connectivity index (χ1v) is 6.57. The van der Waals surface area contributed by atoms with Gasteiger partial charge in [0.2, 0.25) is 0 Å². The van der Waals surface area contributed by atoms with Crippen LogP contribution in [0.4, 0.5) is 0 Å². The first kappa shape index (κ1) is 14.2. The number of hydrogen-bond donors (Lipinski definition) is 1. The molecule has 2 unspecified atom stereocenters. The summed E-state index contributed by atoms with van der Waals surface area (Å²) >= 11 is 0. The standard InChI is InChI=1S/C15H25NO/c1-5-11-16-15(12(3)17-4)14-9-7-13(6-2)8-10-14/h7-10,12,15-16H,5-6,11H2,1-4H3. The van der Waals surface area contributed by atoms with Gasteiger partial charge in [-0.3, -0.25) is 0 Å². The van der Waals surface area contributed by atoms with Crippen molar-refractivity contribution >= 4 is 0 Å². The van der Waals surface area contributed by atoms with Crippen LogP contribution in [0, 0.1) is 0 Å². The molecule has 0 bridgehead atoms. The first-order valence-electron chi connectivity index (χ1n) is 6.57. The molecule has 0 spiro atoms. The lowest BCUT2D eigenvalue weighted by Gasteiger charge is -2.24. The first-order chi connectivity index (χ1) is 8.22. The molecule has 1 aromatic rings. The van der Waals surface area contributed by atoms with Gasteiger partial charge in [0, 0.05) is 7.11 Å². The van der Waals surface area contributed by atoms with Crippen LogP contribution >= 0.6 is 0 Å². The summed E-state index contributed by atoms with van der Waals surface area (Å²) in [5, 5.41) is 3.55. The van der Waals surface area contributed by atoms with Crippen molar-refractivity contribution in [2.45, 2.75) is 45.8 Å². The van der Waals surface area contributed by atoms with Crippen molar-refractivity contribution in [3.8, 4) is 0 Å². The molecular weight excluding hydrogens is 210 g/mol. The van der Waals surface area contributed by atoms with Crippen molar-refractivity contribution < 1.29 is 4.74 Å². The molecule has 2 atom stereocenters. The second kappa shape index (κ2) is 7.46. The van der Waals surface area contributed by atoms with Gasteiger partial charge < -0.3 is 10.1 Å². The zero-order valence-electron chi connectivity index (χ0n) is 11.5. The van der Waals surface area contributed by atoms with E-state index in [1.165, 1.54) is 11.1 Å². The molecule has 1 N–H and O–H groups in total. The molecule has 0 aliphatic carbocycles. The molecule has 17 heavy (non-hydrogen) atoms. The minimum Gasteiger partial charge on any atom is -0.380 e. The fourth-order valence-corrected chi connectivity index (χ4v) is 1.95. The zero-order chi connectivity index (χ0) is 12.7. The van der Waals surface area contributed by atoms with E-state index in [0.29, 0.717) is 0 Å². The Hall–Kier alpha value is -0.860. The minimum absolute atomic E-state index is 0.189. The van der Waals surface area contributed by atoms with Crippen LogP contribution in [0.1, 0.15) is 44.4 Å². The lowest BCUT2D eigenvalue weighted by atomic mass is 10.00. The van der Waals surface area contributed by atoms with Gasteiger partial charge in [0.15, 0.2) is 0 Å². The molecule has 0 aliphatic rings. The van der Waals surface area contributed by atoms with E-state index in [-0.39, 0.29) is 12.1 Å². The van der Waals surface area contributed by atoms with E-state index in [9.17, 15) is 0 Å². The molecule has 0 saturated heterocycles. The predicted octanol–water partition coefficient (Wildman–Crippen LogP) is 3.32. The Kier molecular flexibility index (Phi) is 6.23. The number of aryl methyl sites for hydroxylation is 1. The number of nitrogens with one attached hydrogen (secondary N) is 1. The lowest BCUT2D eigenvalue weighted by Crippen LogP contribution is -2.31. The normalized spacial score (nSPS) is 14.6. The van der Waals surface area contributed by atoms with Crippen LogP contribution in [0.5, 0.6) is 0 Å². The van der Waals surface area contributed by atoms with Crippen molar-refractivity contribution in [2.24, 2.45) is 0 Å². The maximum absolute atomic E-state index is 5.46. The summed E-state index contributed by atoms with van der Waals surface area (Å²) in [6.45, 7) is 7.50. The Morgan fingerprint density at radius 2 is 1.82 bits per heavy atom. The molecule has 0 aliphatic heterocycles. The van der Waals surface area contributed by atoms with Crippen LogP contribution in [0.25, 0.3) is 0 Å². The number of methoxy groups -OCH3 is 1. The summed E-state index contributed by atoms with van der Waals surface area (Å²) in [5.41, 5.74) is 2.69. The van der Waals surface area contributed by atoms with Crippen LogP contribution in [-0.4, -0.2) is 19.8 Å². The molecule has 0 aromatic heterocycles. The topological polar surface area (TPSA) is 21.3 Å². The van der Waals surface area contributed by atoms with Gasteiger partial charge in [-0.05, 0) is 37.4 Å². The number of rotatable bonds is 7. The van der Waals surface area contributed by atoms with Gasteiger partial charge in [-0.1, -0.05) is 38.1 Å². The summed E-state index contributed by atoms with van der Waals surface area (Å²) in [4.78, 5) is 0. The Bertz CT molecular complexity index is 307. The van der Waals surface area contributed by atoms with Gasteiger partial charge in [-0.15, -0.1) is 0 Å². The van der Waals surface area contributed by atoms with Crippen molar-refractivity contribution in [3.63, 3.8) is 0 Å². The van der Waals surface area contributed by atoms with E-state index in [0.717, 1.165) is 19.4 Å². The van der Waals surface area contributed by atoms with Gasteiger partial charge in [-0.2, -0.15) is 0 Å². The quantitative estimate of drug-likeness (QED) is 0.782.